The number of aromatic nitrogens is 1. The molecule has 6 N–H and O–H groups in total. The first kappa shape index (κ1) is 27.8. The van der Waals surface area contributed by atoms with Gasteiger partial charge in [-0.3, -0.25) is 0 Å². The zero-order valence-electron chi connectivity index (χ0n) is 22.2. The van der Waals surface area contributed by atoms with E-state index in [0.717, 1.165) is 5.92 Å². The van der Waals surface area contributed by atoms with Crippen LogP contribution in [0.2, 0.25) is 10.0 Å². The lowest BCUT2D eigenvalue weighted by Crippen LogP contribution is -2.62. The Kier molecular flexibility index (Phi) is 7.15. The van der Waals surface area contributed by atoms with Crippen molar-refractivity contribution in [3.8, 4) is 0 Å². The van der Waals surface area contributed by atoms with Crippen LogP contribution in [0.5, 0.6) is 0 Å². The van der Waals surface area contributed by atoms with Crippen LogP contribution in [0.4, 0.5) is 16.2 Å². The molecule has 0 aliphatic heterocycles. The van der Waals surface area contributed by atoms with Gasteiger partial charge >= 0.3 is 12.0 Å². The number of nitrogens with two attached hydrogens (primary N) is 1. The van der Waals surface area contributed by atoms with E-state index in [9.17, 15) is 14.7 Å². The molecule has 2 unspecified atom stereocenters. The molecule has 4 aliphatic carbocycles. The van der Waals surface area contributed by atoms with E-state index < -0.39 is 12.0 Å². The molecule has 7 nitrogen and oxygen atoms in total. The minimum absolute atomic E-state index is 0.0905. The lowest BCUT2D eigenvalue weighted by molar-refractivity contribution is -0.104. The number of carboxylic acid groups (broad SMARTS) is 1. The highest BCUT2D eigenvalue weighted by Crippen LogP contribution is 2.65. The number of urea groups is 1. The molecule has 4 fully saturated rings. The van der Waals surface area contributed by atoms with Crippen molar-refractivity contribution in [1.82, 2.24) is 4.98 Å². The topological polar surface area (TPSA) is 120 Å². The molecule has 2 aromatic rings. The molecule has 0 spiro atoms. The van der Waals surface area contributed by atoms with E-state index in [1.54, 1.807) is 24.3 Å². The molecular weight excluding hydrogens is 511 g/mol. The highest BCUT2D eigenvalue weighted by atomic mass is 35.5. The van der Waals surface area contributed by atoms with Gasteiger partial charge in [-0.2, -0.15) is 0 Å². The highest BCUT2D eigenvalue weighted by molar-refractivity contribution is 6.44. The fourth-order valence-corrected chi connectivity index (χ4v) is 7.89. The summed E-state index contributed by atoms with van der Waals surface area (Å²) in [7, 11) is 0. The number of carbonyl (C=O) groups is 2. The zero-order chi connectivity index (χ0) is 27.4. The van der Waals surface area contributed by atoms with Gasteiger partial charge < -0.3 is 26.5 Å². The van der Waals surface area contributed by atoms with E-state index in [0.29, 0.717) is 27.2 Å². The zero-order valence-corrected chi connectivity index (χ0v) is 23.7. The number of anilines is 2. The predicted octanol–water partition coefficient (Wildman–Crippen LogP) is 7.66. The van der Waals surface area contributed by atoms with Crippen molar-refractivity contribution in [2.45, 2.75) is 84.1 Å². The monoisotopic (exact) mass is 548 g/mol. The van der Waals surface area contributed by atoms with E-state index >= 15 is 0 Å². The third-order valence-corrected chi connectivity index (χ3v) is 8.78. The first-order valence-corrected chi connectivity index (χ1v) is 13.5. The number of halogens is 2. The second-order valence-electron chi connectivity index (χ2n) is 13.2. The Balaban J connectivity index is 0.000000204. The largest absolute Gasteiger partial charge is 0.477 e. The normalized spacial score (nSPS) is 29.9. The molecule has 0 radical (unpaired) electrons. The van der Waals surface area contributed by atoms with Crippen molar-refractivity contribution in [1.29, 1.82) is 0 Å². The van der Waals surface area contributed by atoms with Gasteiger partial charge in [0.25, 0.3) is 0 Å². The number of carbonyl (C=O) groups excluding carboxylic acids is 1. The van der Waals surface area contributed by atoms with Crippen molar-refractivity contribution in [3.63, 3.8) is 0 Å². The highest BCUT2D eigenvalue weighted by Gasteiger charge is 2.58. The van der Waals surface area contributed by atoms with Gasteiger partial charge in [0.1, 0.15) is 5.69 Å². The van der Waals surface area contributed by atoms with E-state index in [1.807, 2.05) is 20.8 Å². The second-order valence-corrected chi connectivity index (χ2v) is 14.0. The summed E-state index contributed by atoms with van der Waals surface area (Å²) < 4.78 is 0. The molecule has 4 aliphatic rings. The number of aromatic amines is 1. The predicted molar refractivity (Wildman–Crippen MR) is 150 cm³/mol. The van der Waals surface area contributed by atoms with Gasteiger partial charge in [-0.15, -0.1) is 0 Å². The molecule has 2 atom stereocenters. The smallest absolute Gasteiger partial charge is 0.354 e. The summed E-state index contributed by atoms with van der Waals surface area (Å²) in [5.74, 6) is -0.210. The van der Waals surface area contributed by atoms with Gasteiger partial charge in [-0.1, -0.05) is 63.9 Å². The molecule has 6 rings (SSSR count). The Morgan fingerprint density at radius 2 is 1.62 bits per heavy atom. The number of hydrogen-bond acceptors (Lipinski definition) is 3. The molecule has 0 saturated heterocycles. The van der Waals surface area contributed by atoms with Crippen molar-refractivity contribution in [2.75, 3.05) is 10.6 Å². The maximum absolute atomic E-state index is 12.1. The minimum Gasteiger partial charge on any atom is -0.477 e. The molecule has 37 heavy (non-hydrogen) atoms. The molecule has 1 aromatic heterocycles. The number of rotatable bonds is 3. The average molecular weight is 550 g/mol. The summed E-state index contributed by atoms with van der Waals surface area (Å²) in [6.45, 7) is 10.7. The van der Waals surface area contributed by atoms with Crippen LogP contribution >= 0.6 is 23.2 Å². The summed E-state index contributed by atoms with van der Waals surface area (Å²) >= 11 is 11.9. The Labute approximate surface area is 228 Å². The summed E-state index contributed by atoms with van der Waals surface area (Å²) in [6.07, 6.45) is 8.27. The first-order chi connectivity index (χ1) is 17.0. The van der Waals surface area contributed by atoms with Gasteiger partial charge in [0.05, 0.1) is 21.4 Å². The molecular formula is C28H38Cl2N4O3. The maximum atomic E-state index is 12.1. The number of benzene rings is 1. The van der Waals surface area contributed by atoms with Crippen LogP contribution in [-0.4, -0.2) is 27.6 Å². The first-order valence-electron chi connectivity index (χ1n) is 12.8. The van der Waals surface area contributed by atoms with E-state index in [-0.39, 0.29) is 27.4 Å². The van der Waals surface area contributed by atoms with Gasteiger partial charge in [-0.25, -0.2) is 9.59 Å². The number of hydrogen-bond donors (Lipinski definition) is 5. The number of nitrogens with one attached hydrogen (secondary N) is 3. The minimum atomic E-state index is -1.17. The summed E-state index contributed by atoms with van der Waals surface area (Å²) in [6, 6.07) is 5.80. The molecule has 9 heteroatoms. The molecule has 2 amide bonds. The molecule has 1 aromatic carbocycles. The van der Waals surface area contributed by atoms with E-state index in [4.69, 9.17) is 28.9 Å². The fraction of sp³-hybridized carbons (Fsp3) is 0.571. The summed E-state index contributed by atoms with van der Waals surface area (Å²) in [4.78, 5) is 26.3. The Morgan fingerprint density at radius 3 is 2.14 bits per heavy atom. The quantitative estimate of drug-likeness (QED) is 0.270. The Morgan fingerprint density at radius 1 is 1.03 bits per heavy atom. The van der Waals surface area contributed by atoms with Crippen molar-refractivity contribution in [2.24, 2.45) is 22.5 Å². The standard InChI is InChI=1S/C16H17Cl2N3O3.C12H21N/c1-16(2,3)11-7-10(13(21-11)14(22)23)20-15(24)19-9-6-4-5-8(17)12(9)18;1-10-3-9-4-11(2,6-10)8-12(13,5-9)7-10/h4-7,21H,1-3H3,(H,22,23)(H2,19,20,24);9H,3-8,13H2,1-2H3. The molecule has 1 heterocycles. The molecule has 4 saturated carbocycles. The van der Waals surface area contributed by atoms with Crippen LogP contribution in [0.3, 0.4) is 0 Å². The summed E-state index contributed by atoms with van der Waals surface area (Å²) in [5.41, 5.74) is 8.72. The van der Waals surface area contributed by atoms with Crippen LogP contribution in [0.15, 0.2) is 24.3 Å². The lowest BCUT2D eigenvalue weighted by Gasteiger charge is -2.64. The van der Waals surface area contributed by atoms with Crippen LogP contribution in [0.1, 0.15) is 89.3 Å². The van der Waals surface area contributed by atoms with Gasteiger partial charge in [0.15, 0.2) is 0 Å². The van der Waals surface area contributed by atoms with Gasteiger partial charge in [0.2, 0.25) is 0 Å². The van der Waals surface area contributed by atoms with Crippen molar-refractivity contribution in [3.05, 3.63) is 45.7 Å². The van der Waals surface area contributed by atoms with E-state index in [2.05, 4.69) is 29.5 Å². The van der Waals surface area contributed by atoms with E-state index in [1.165, 1.54) is 38.5 Å². The van der Waals surface area contributed by atoms with Crippen LogP contribution < -0.4 is 16.4 Å². The van der Waals surface area contributed by atoms with Crippen molar-refractivity contribution < 1.29 is 14.7 Å². The SMILES string of the molecule is CC(C)(C)c1cc(NC(=O)Nc2cccc(Cl)c2Cl)c(C(=O)O)[nH]1.CC12CC3CC(C)(C1)CC(N)(C3)C2. The number of aromatic carboxylic acids is 1. The third-order valence-electron chi connectivity index (χ3n) is 7.96. The average Bonchev–Trinajstić information content (AvgIpc) is 3.13. The maximum Gasteiger partial charge on any atom is 0.354 e. The van der Waals surface area contributed by atoms with Crippen LogP contribution in [-0.2, 0) is 5.41 Å². The van der Waals surface area contributed by atoms with Crippen LogP contribution in [0, 0.1) is 16.7 Å². The number of carboxylic acids is 1. The van der Waals surface area contributed by atoms with Crippen molar-refractivity contribution >= 4 is 46.6 Å². The van der Waals surface area contributed by atoms with Gasteiger partial charge in [-0.05, 0) is 73.5 Å². The van der Waals surface area contributed by atoms with Gasteiger partial charge in [0, 0.05) is 16.6 Å². The molecule has 202 valence electrons. The Hall–Kier alpha value is -2.22. The Bertz CT molecular complexity index is 1170. The number of H-pyrrole nitrogens is 1. The second kappa shape index (κ2) is 9.51. The number of amides is 2. The summed E-state index contributed by atoms with van der Waals surface area (Å²) in [5, 5.41) is 14.9. The lowest BCUT2D eigenvalue weighted by atomic mass is 9.43. The molecule has 4 bridgehead atoms. The van der Waals surface area contributed by atoms with Crippen LogP contribution in [0.25, 0.3) is 0 Å². The fourth-order valence-electron chi connectivity index (χ4n) is 7.54. The third kappa shape index (κ3) is 6.10.